The van der Waals surface area contributed by atoms with Crippen molar-refractivity contribution < 1.29 is 9.21 Å². The Hall–Kier alpha value is -2.14. The summed E-state index contributed by atoms with van der Waals surface area (Å²) in [7, 11) is 0. The second kappa shape index (κ2) is 6.96. The molecule has 2 rings (SSSR count). The highest BCUT2D eigenvalue weighted by Gasteiger charge is 2.33. The molecule has 1 aromatic carbocycles. The fourth-order valence-corrected chi connectivity index (χ4v) is 2.54. The van der Waals surface area contributed by atoms with Gasteiger partial charge in [0, 0.05) is 17.8 Å². The van der Waals surface area contributed by atoms with Crippen molar-refractivity contribution in [2.75, 3.05) is 11.9 Å². The Labute approximate surface area is 137 Å². The Balaban J connectivity index is 2.25. The fourth-order valence-electron chi connectivity index (χ4n) is 2.54. The molecule has 0 saturated heterocycles. The molecule has 1 heterocycles. The van der Waals surface area contributed by atoms with Crippen molar-refractivity contribution in [3.8, 4) is 11.5 Å². The SMILES string of the molecule is CCC(CC)(CN)C(=O)Nc1cccc(-c2nc(C)c(C)o2)c1. The van der Waals surface area contributed by atoms with Crippen molar-refractivity contribution in [3.63, 3.8) is 0 Å². The maximum atomic E-state index is 12.6. The molecular formula is C18H25N3O2. The number of carbonyl (C=O) groups is 1. The summed E-state index contributed by atoms with van der Waals surface area (Å²) < 4.78 is 5.65. The van der Waals surface area contributed by atoms with Crippen LogP contribution in [0.5, 0.6) is 0 Å². The number of anilines is 1. The molecule has 5 heteroatoms. The number of hydrogen-bond acceptors (Lipinski definition) is 4. The second-order valence-electron chi connectivity index (χ2n) is 5.89. The molecule has 0 spiro atoms. The van der Waals surface area contributed by atoms with E-state index in [1.165, 1.54) is 0 Å². The maximum Gasteiger partial charge on any atom is 0.231 e. The number of hydrogen-bond donors (Lipinski definition) is 2. The van der Waals surface area contributed by atoms with Crippen molar-refractivity contribution in [1.29, 1.82) is 0 Å². The smallest absolute Gasteiger partial charge is 0.231 e. The number of carbonyl (C=O) groups excluding carboxylic acids is 1. The monoisotopic (exact) mass is 315 g/mol. The molecule has 5 nitrogen and oxygen atoms in total. The lowest BCUT2D eigenvalue weighted by Crippen LogP contribution is -2.41. The average molecular weight is 315 g/mol. The molecule has 0 fully saturated rings. The average Bonchev–Trinajstić information content (AvgIpc) is 2.89. The number of oxazole rings is 1. The Morgan fingerprint density at radius 3 is 2.52 bits per heavy atom. The second-order valence-corrected chi connectivity index (χ2v) is 5.89. The quantitative estimate of drug-likeness (QED) is 0.852. The third kappa shape index (κ3) is 3.45. The first-order valence-corrected chi connectivity index (χ1v) is 8.01. The molecule has 0 aliphatic rings. The van der Waals surface area contributed by atoms with Gasteiger partial charge in [-0.25, -0.2) is 4.98 Å². The van der Waals surface area contributed by atoms with E-state index in [0.29, 0.717) is 25.3 Å². The van der Waals surface area contributed by atoms with Crippen LogP contribution in [0.4, 0.5) is 5.69 Å². The van der Waals surface area contributed by atoms with Gasteiger partial charge in [0.05, 0.1) is 11.1 Å². The molecule has 124 valence electrons. The minimum Gasteiger partial charge on any atom is -0.441 e. The standard InChI is InChI=1S/C18H25N3O2/c1-5-18(6-2,11-19)17(22)21-15-9-7-8-14(10-15)16-20-12(3)13(4)23-16/h7-10H,5-6,11,19H2,1-4H3,(H,21,22). The zero-order chi connectivity index (χ0) is 17.0. The van der Waals surface area contributed by atoms with E-state index >= 15 is 0 Å². The van der Waals surface area contributed by atoms with E-state index in [1.807, 2.05) is 52.0 Å². The van der Waals surface area contributed by atoms with Crippen molar-refractivity contribution in [1.82, 2.24) is 4.98 Å². The normalized spacial score (nSPS) is 11.5. The maximum absolute atomic E-state index is 12.6. The van der Waals surface area contributed by atoms with Crippen LogP contribution < -0.4 is 11.1 Å². The van der Waals surface area contributed by atoms with E-state index in [-0.39, 0.29) is 5.91 Å². The number of aromatic nitrogens is 1. The van der Waals surface area contributed by atoms with Crippen LogP contribution >= 0.6 is 0 Å². The number of amides is 1. The van der Waals surface area contributed by atoms with Crippen LogP contribution in [-0.4, -0.2) is 17.4 Å². The van der Waals surface area contributed by atoms with Gasteiger partial charge in [0.2, 0.25) is 11.8 Å². The summed E-state index contributed by atoms with van der Waals surface area (Å²) in [4.78, 5) is 17.0. The molecule has 0 aliphatic heterocycles. The fraction of sp³-hybridized carbons (Fsp3) is 0.444. The van der Waals surface area contributed by atoms with Gasteiger partial charge in [-0.3, -0.25) is 4.79 Å². The molecule has 0 radical (unpaired) electrons. The van der Waals surface area contributed by atoms with Gasteiger partial charge in [-0.05, 0) is 44.9 Å². The molecule has 0 atom stereocenters. The molecule has 1 amide bonds. The Bertz CT molecular complexity index is 660. The van der Waals surface area contributed by atoms with E-state index in [0.717, 1.165) is 22.7 Å². The summed E-state index contributed by atoms with van der Waals surface area (Å²) in [5.41, 5.74) is 7.75. The molecular weight excluding hydrogens is 290 g/mol. The van der Waals surface area contributed by atoms with Gasteiger partial charge in [0.15, 0.2) is 0 Å². The molecule has 1 aromatic heterocycles. The first-order valence-electron chi connectivity index (χ1n) is 8.01. The number of benzene rings is 1. The number of rotatable bonds is 6. The van der Waals surface area contributed by atoms with E-state index in [9.17, 15) is 4.79 Å². The predicted octanol–water partition coefficient (Wildman–Crippen LogP) is 3.66. The highest BCUT2D eigenvalue weighted by atomic mass is 16.4. The predicted molar refractivity (Wildman–Crippen MR) is 92.1 cm³/mol. The van der Waals surface area contributed by atoms with E-state index in [1.54, 1.807) is 0 Å². The van der Waals surface area contributed by atoms with Crippen LogP contribution in [0.3, 0.4) is 0 Å². The van der Waals surface area contributed by atoms with Gasteiger partial charge in [0.25, 0.3) is 0 Å². The lowest BCUT2D eigenvalue weighted by molar-refractivity contribution is -0.125. The first-order chi connectivity index (χ1) is 11.0. The molecule has 0 unspecified atom stereocenters. The van der Waals surface area contributed by atoms with Crippen molar-refractivity contribution in [2.45, 2.75) is 40.5 Å². The summed E-state index contributed by atoms with van der Waals surface area (Å²) in [6.45, 7) is 8.11. The number of nitrogens with zero attached hydrogens (tertiary/aromatic N) is 1. The third-order valence-corrected chi connectivity index (χ3v) is 4.62. The minimum absolute atomic E-state index is 0.0399. The Kier molecular flexibility index (Phi) is 5.21. The Morgan fingerprint density at radius 2 is 2.00 bits per heavy atom. The van der Waals surface area contributed by atoms with Crippen molar-refractivity contribution in [2.24, 2.45) is 11.1 Å². The summed E-state index contributed by atoms with van der Waals surface area (Å²) >= 11 is 0. The molecule has 0 bridgehead atoms. The van der Waals surface area contributed by atoms with E-state index in [2.05, 4.69) is 10.3 Å². The Morgan fingerprint density at radius 1 is 1.30 bits per heavy atom. The van der Waals surface area contributed by atoms with Crippen LogP contribution in [0, 0.1) is 19.3 Å². The lowest BCUT2D eigenvalue weighted by Gasteiger charge is -2.28. The molecule has 2 aromatic rings. The first kappa shape index (κ1) is 17.2. The number of nitrogens with two attached hydrogens (primary N) is 1. The summed E-state index contributed by atoms with van der Waals surface area (Å²) in [5, 5.41) is 2.98. The summed E-state index contributed by atoms with van der Waals surface area (Å²) in [6.07, 6.45) is 1.42. The highest BCUT2D eigenvalue weighted by molar-refractivity contribution is 5.95. The van der Waals surface area contributed by atoms with Crippen LogP contribution in [-0.2, 0) is 4.79 Å². The van der Waals surface area contributed by atoms with Crippen LogP contribution in [0.2, 0.25) is 0 Å². The van der Waals surface area contributed by atoms with Gasteiger partial charge in [0.1, 0.15) is 5.76 Å². The topological polar surface area (TPSA) is 81.2 Å². The van der Waals surface area contributed by atoms with Crippen LogP contribution in [0.15, 0.2) is 28.7 Å². The van der Waals surface area contributed by atoms with Gasteiger partial charge < -0.3 is 15.5 Å². The van der Waals surface area contributed by atoms with Gasteiger partial charge in [-0.1, -0.05) is 19.9 Å². The summed E-state index contributed by atoms with van der Waals surface area (Å²) in [6, 6.07) is 7.52. The van der Waals surface area contributed by atoms with Gasteiger partial charge in [-0.2, -0.15) is 0 Å². The van der Waals surface area contributed by atoms with Gasteiger partial charge in [-0.15, -0.1) is 0 Å². The number of nitrogens with one attached hydrogen (secondary N) is 1. The zero-order valence-corrected chi connectivity index (χ0v) is 14.3. The van der Waals surface area contributed by atoms with E-state index < -0.39 is 5.41 Å². The zero-order valence-electron chi connectivity index (χ0n) is 14.3. The largest absolute Gasteiger partial charge is 0.441 e. The third-order valence-electron chi connectivity index (χ3n) is 4.62. The number of aryl methyl sites for hydroxylation is 2. The van der Waals surface area contributed by atoms with E-state index in [4.69, 9.17) is 10.2 Å². The highest BCUT2D eigenvalue weighted by Crippen LogP contribution is 2.28. The molecule has 0 saturated carbocycles. The summed E-state index contributed by atoms with van der Waals surface area (Å²) in [5.74, 6) is 1.32. The molecule has 23 heavy (non-hydrogen) atoms. The van der Waals surface area contributed by atoms with Gasteiger partial charge >= 0.3 is 0 Å². The van der Waals surface area contributed by atoms with Crippen LogP contribution in [0.25, 0.3) is 11.5 Å². The van der Waals surface area contributed by atoms with Crippen molar-refractivity contribution in [3.05, 3.63) is 35.7 Å². The molecule has 3 N–H and O–H groups in total. The lowest BCUT2D eigenvalue weighted by atomic mass is 9.81. The van der Waals surface area contributed by atoms with Crippen molar-refractivity contribution >= 4 is 11.6 Å². The molecule has 0 aliphatic carbocycles. The van der Waals surface area contributed by atoms with Crippen LogP contribution in [0.1, 0.15) is 38.1 Å². The minimum atomic E-state index is -0.522.